The molecule has 1 aliphatic rings. The van der Waals surface area contributed by atoms with Gasteiger partial charge in [0.25, 0.3) is 0 Å². The lowest BCUT2D eigenvalue weighted by atomic mass is 10.1. The number of amides is 1. The zero-order valence-corrected chi connectivity index (χ0v) is 12.1. The van der Waals surface area contributed by atoms with Gasteiger partial charge in [-0.2, -0.15) is 0 Å². The summed E-state index contributed by atoms with van der Waals surface area (Å²) in [5.41, 5.74) is 1.88. The smallest absolute Gasteiger partial charge is 0.242 e. The Morgan fingerprint density at radius 3 is 3.00 bits per heavy atom. The molecule has 1 N–H and O–H groups in total. The summed E-state index contributed by atoms with van der Waals surface area (Å²) in [5.74, 6) is 0.0686. The molecule has 1 aromatic heterocycles. The maximum Gasteiger partial charge on any atom is 0.242 e. The first-order valence-corrected chi connectivity index (χ1v) is 7.60. The van der Waals surface area contributed by atoms with Crippen LogP contribution >= 0.6 is 0 Å². The minimum absolute atomic E-state index is 0.0326. The first-order valence-electron chi connectivity index (χ1n) is 7.60. The molecule has 21 heavy (non-hydrogen) atoms. The minimum Gasteiger partial charge on any atom is -0.394 e. The molecule has 0 aliphatic carbocycles. The number of benzene rings is 1. The number of imidazole rings is 1. The monoisotopic (exact) mass is 287 g/mol. The molecule has 0 spiro atoms. The predicted molar refractivity (Wildman–Crippen MR) is 80.8 cm³/mol. The van der Waals surface area contributed by atoms with Crippen molar-refractivity contribution in [1.29, 1.82) is 0 Å². The number of likely N-dealkylation sites (tertiary alicyclic amines) is 1. The molecule has 1 saturated heterocycles. The Bertz CT molecular complexity index is 623. The van der Waals surface area contributed by atoms with E-state index in [2.05, 4.69) is 4.98 Å². The van der Waals surface area contributed by atoms with Crippen molar-refractivity contribution in [2.24, 2.45) is 0 Å². The average molecular weight is 287 g/mol. The van der Waals surface area contributed by atoms with Crippen LogP contribution in [0.15, 0.2) is 30.6 Å². The van der Waals surface area contributed by atoms with E-state index in [0.717, 1.165) is 43.3 Å². The number of hydrogen-bond acceptors (Lipinski definition) is 3. The van der Waals surface area contributed by atoms with Gasteiger partial charge in [0.1, 0.15) is 6.54 Å². The molecule has 5 heteroatoms. The van der Waals surface area contributed by atoms with E-state index in [0.29, 0.717) is 0 Å². The maximum atomic E-state index is 12.6. The second-order valence-corrected chi connectivity index (χ2v) is 5.63. The van der Waals surface area contributed by atoms with Crippen LogP contribution in [-0.4, -0.2) is 44.7 Å². The van der Waals surface area contributed by atoms with Crippen LogP contribution in [0.25, 0.3) is 11.0 Å². The number of aromatic nitrogens is 2. The fourth-order valence-corrected chi connectivity index (χ4v) is 3.07. The lowest BCUT2D eigenvalue weighted by molar-refractivity contribution is -0.135. The number of carbonyl (C=O) groups excluding carboxylic acids is 1. The molecule has 1 aliphatic heterocycles. The van der Waals surface area contributed by atoms with Gasteiger partial charge in [-0.15, -0.1) is 0 Å². The van der Waals surface area contributed by atoms with Crippen LogP contribution in [0, 0.1) is 0 Å². The van der Waals surface area contributed by atoms with E-state index in [-0.39, 0.29) is 25.1 Å². The van der Waals surface area contributed by atoms with Crippen molar-refractivity contribution >= 4 is 16.9 Å². The quantitative estimate of drug-likeness (QED) is 0.936. The molecule has 0 radical (unpaired) electrons. The minimum atomic E-state index is -0.0326. The zero-order valence-electron chi connectivity index (χ0n) is 12.1. The average Bonchev–Trinajstić information content (AvgIpc) is 2.76. The Labute approximate surface area is 124 Å². The van der Waals surface area contributed by atoms with Gasteiger partial charge in [-0.25, -0.2) is 4.98 Å². The van der Waals surface area contributed by atoms with Gasteiger partial charge in [-0.3, -0.25) is 4.79 Å². The van der Waals surface area contributed by atoms with Gasteiger partial charge < -0.3 is 14.6 Å². The highest BCUT2D eigenvalue weighted by atomic mass is 16.3. The second-order valence-electron chi connectivity index (χ2n) is 5.63. The summed E-state index contributed by atoms with van der Waals surface area (Å²) in [4.78, 5) is 18.8. The van der Waals surface area contributed by atoms with Crippen LogP contribution in [0.1, 0.15) is 25.7 Å². The van der Waals surface area contributed by atoms with E-state index in [4.69, 9.17) is 0 Å². The number of aliphatic hydroxyl groups is 1. The predicted octanol–water partition coefficient (Wildman–Crippen LogP) is 1.80. The molecule has 1 aromatic carbocycles. The Kier molecular flexibility index (Phi) is 4.20. The molecule has 5 nitrogen and oxygen atoms in total. The third kappa shape index (κ3) is 2.93. The van der Waals surface area contributed by atoms with Crippen LogP contribution in [-0.2, 0) is 11.3 Å². The van der Waals surface area contributed by atoms with Crippen LogP contribution in [0.5, 0.6) is 0 Å². The van der Waals surface area contributed by atoms with Gasteiger partial charge in [-0.05, 0) is 25.0 Å². The summed E-state index contributed by atoms with van der Waals surface area (Å²) in [5, 5.41) is 9.52. The molecule has 2 heterocycles. The standard InChI is InChI=1S/C16H21N3O2/c20-11-13-6-2-1-5-9-19(13)16(21)10-18-12-17-14-7-3-4-8-15(14)18/h3-4,7-8,12-13,20H,1-2,5-6,9-11H2. The molecule has 1 fully saturated rings. The van der Waals surface area contributed by atoms with E-state index in [1.165, 1.54) is 0 Å². The molecule has 1 unspecified atom stereocenters. The van der Waals surface area contributed by atoms with Crippen LogP contribution < -0.4 is 0 Å². The van der Waals surface area contributed by atoms with Crippen LogP contribution in [0.2, 0.25) is 0 Å². The normalized spacial score (nSPS) is 19.7. The SMILES string of the molecule is O=C(Cn1cnc2ccccc21)N1CCCCCC1CO. The van der Waals surface area contributed by atoms with Gasteiger partial charge in [-0.1, -0.05) is 25.0 Å². The molecule has 1 atom stereocenters. The van der Waals surface area contributed by atoms with E-state index in [1.807, 2.05) is 33.7 Å². The summed E-state index contributed by atoms with van der Waals surface area (Å²) >= 11 is 0. The van der Waals surface area contributed by atoms with Crippen molar-refractivity contribution in [3.63, 3.8) is 0 Å². The Morgan fingerprint density at radius 1 is 1.29 bits per heavy atom. The van der Waals surface area contributed by atoms with Crippen molar-refractivity contribution < 1.29 is 9.90 Å². The topological polar surface area (TPSA) is 58.4 Å². The summed E-state index contributed by atoms with van der Waals surface area (Å²) in [6.45, 7) is 1.09. The van der Waals surface area contributed by atoms with Gasteiger partial charge in [0.2, 0.25) is 5.91 Å². The summed E-state index contributed by atoms with van der Waals surface area (Å²) in [6, 6.07) is 7.78. The highest BCUT2D eigenvalue weighted by Gasteiger charge is 2.25. The molecule has 1 amide bonds. The molecule has 0 bridgehead atoms. The number of hydrogen-bond donors (Lipinski definition) is 1. The summed E-state index contributed by atoms with van der Waals surface area (Å²) in [6.07, 6.45) is 5.85. The highest BCUT2D eigenvalue weighted by molar-refractivity contribution is 5.80. The fourth-order valence-electron chi connectivity index (χ4n) is 3.07. The number of para-hydroxylation sites is 2. The van der Waals surface area contributed by atoms with Gasteiger partial charge in [0, 0.05) is 6.54 Å². The van der Waals surface area contributed by atoms with E-state index in [1.54, 1.807) is 6.33 Å². The summed E-state index contributed by atoms with van der Waals surface area (Å²) in [7, 11) is 0. The van der Waals surface area contributed by atoms with Crippen molar-refractivity contribution in [2.45, 2.75) is 38.3 Å². The molecule has 3 rings (SSSR count). The van der Waals surface area contributed by atoms with Gasteiger partial charge in [0.15, 0.2) is 0 Å². The lowest BCUT2D eigenvalue weighted by Gasteiger charge is -2.28. The number of aliphatic hydroxyl groups excluding tert-OH is 1. The van der Waals surface area contributed by atoms with Crippen molar-refractivity contribution in [2.75, 3.05) is 13.2 Å². The van der Waals surface area contributed by atoms with Crippen molar-refractivity contribution in [3.05, 3.63) is 30.6 Å². The zero-order chi connectivity index (χ0) is 14.7. The Balaban J connectivity index is 1.78. The highest BCUT2D eigenvalue weighted by Crippen LogP contribution is 2.18. The first kappa shape index (κ1) is 14.1. The van der Waals surface area contributed by atoms with Crippen molar-refractivity contribution in [3.8, 4) is 0 Å². The third-order valence-corrected chi connectivity index (χ3v) is 4.24. The van der Waals surface area contributed by atoms with Crippen molar-refractivity contribution in [1.82, 2.24) is 14.5 Å². The third-order valence-electron chi connectivity index (χ3n) is 4.24. The summed E-state index contributed by atoms with van der Waals surface area (Å²) < 4.78 is 1.89. The number of nitrogens with zero attached hydrogens (tertiary/aromatic N) is 3. The largest absolute Gasteiger partial charge is 0.394 e. The van der Waals surface area contributed by atoms with Gasteiger partial charge >= 0.3 is 0 Å². The van der Waals surface area contributed by atoms with E-state index >= 15 is 0 Å². The maximum absolute atomic E-state index is 12.6. The molecule has 0 saturated carbocycles. The fraction of sp³-hybridized carbons (Fsp3) is 0.500. The molecular weight excluding hydrogens is 266 g/mol. The number of rotatable bonds is 3. The molecule has 2 aromatic rings. The van der Waals surface area contributed by atoms with Crippen LogP contribution in [0.3, 0.4) is 0 Å². The van der Waals surface area contributed by atoms with E-state index < -0.39 is 0 Å². The second kappa shape index (κ2) is 6.26. The number of fused-ring (bicyclic) bond motifs is 1. The molecular formula is C16H21N3O2. The first-order chi connectivity index (χ1) is 10.3. The van der Waals surface area contributed by atoms with E-state index in [9.17, 15) is 9.90 Å². The molecule has 112 valence electrons. The Morgan fingerprint density at radius 2 is 2.14 bits per heavy atom. The van der Waals surface area contributed by atoms with Crippen LogP contribution in [0.4, 0.5) is 0 Å². The number of carbonyl (C=O) groups is 1. The van der Waals surface area contributed by atoms with Gasteiger partial charge in [0.05, 0.1) is 30.0 Å². The lowest BCUT2D eigenvalue weighted by Crippen LogP contribution is -2.43. The Hall–Kier alpha value is -1.88.